The maximum absolute atomic E-state index is 13.8. The van der Waals surface area contributed by atoms with E-state index in [2.05, 4.69) is 4.98 Å². The summed E-state index contributed by atoms with van der Waals surface area (Å²) in [5, 5.41) is 21.9. The number of aromatic nitrogens is 2. The van der Waals surface area contributed by atoms with E-state index in [-0.39, 0.29) is 17.4 Å². The molecule has 1 aliphatic rings. The van der Waals surface area contributed by atoms with Gasteiger partial charge < -0.3 is 19.3 Å². The molecule has 1 fully saturated rings. The molecule has 0 radical (unpaired) electrons. The third kappa shape index (κ3) is 3.34. The summed E-state index contributed by atoms with van der Waals surface area (Å²) >= 11 is 0. The predicted molar refractivity (Wildman–Crippen MR) is 92.7 cm³/mol. The summed E-state index contributed by atoms with van der Waals surface area (Å²) in [6.45, 7) is 1.03. The van der Waals surface area contributed by atoms with Crippen LogP contribution in [0.3, 0.4) is 0 Å². The Hall–Kier alpha value is -2.68. The standard InChI is InChI=1S/C17H21FN4O4/c1-20-8-5-19-17(20)16(23)11-3-6-21(7-4-11)13-10-15(26-2)12(18)9-14(13)22(24)25/h5,8-11,16,23H,3-4,6-7H2,1-2H3. The summed E-state index contributed by atoms with van der Waals surface area (Å²) < 4.78 is 20.6. The van der Waals surface area contributed by atoms with Gasteiger partial charge in [-0.15, -0.1) is 0 Å². The maximum atomic E-state index is 13.8. The van der Waals surface area contributed by atoms with E-state index in [1.807, 2.05) is 11.9 Å². The number of benzene rings is 1. The highest BCUT2D eigenvalue weighted by Gasteiger charge is 2.31. The lowest BCUT2D eigenvalue weighted by Gasteiger charge is -2.35. The Morgan fingerprint density at radius 3 is 2.65 bits per heavy atom. The molecule has 2 heterocycles. The molecule has 1 atom stereocenters. The molecule has 1 N–H and O–H groups in total. The van der Waals surface area contributed by atoms with Crippen LogP contribution in [-0.2, 0) is 7.05 Å². The minimum Gasteiger partial charge on any atom is -0.494 e. The van der Waals surface area contributed by atoms with E-state index in [0.717, 1.165) is 6.07 Å². The van der Waals surface area contributed by atoms with Crippen LogP contribution in [0.25, 0.3) is 0 Å². The molecule has 1 saturated heterocycles. The summed E-state index contributed by atoms with van der Waals surface area (Å²) in [6.07, 6.45) is 4.02. The number of aliphatic hydroxyl groups excluding tert-OH is 1. The summed E-state index contributed by atoms with van der Waals surface area (Å²) in [4.78, 5) is 16.7. The van der Waals surface area contributed by atoms with Crippen LogP contribution in [0.4, 0.5) is 15.8 Å². The number of hydrogen-bond acceptors (Lipinski definition) is 6. The Morgan fingerprint density at radius 1 is 1.42 bits per heavy atom. The first-order valence-corrected chi connectivity index (χ1v) is 8.34. The molecule has 1 aliphatic heterocycles. The van der Waals surface area contributed by atoms with E-state index in [4.69, 9.17) is 4.74 Å². The molecular formula is C17H21FN4O4. The van der Waals surface area contributed by atoms with Crippen molar-refractivity contribution in [1.29, 1.82) is 0 Å². The second-order valence-corrected chi connectivity index (χ2v) is 6.40. The Balaban J connectivity index is 1.77. The number of rotatable bonds is 5. The van der Waals surface area contributed by atoms with Crippen molar-refractivity contribution in [3.63, 3.8) is 0 Å². The normalized spacial score (nSPS) is 16.5. The molecule has 3 rings (SSSR count). The molecule has 0 amide bonds. The lowest BCUT2D eigenvalue weighted by atomic mass is 9.90. The van der Waals surface area contributed by atoms with Gasteiger partial charge in [-0.25, -0.2) is 9.37 Å². The number of aliphatic hydroxyl groups is 1. The molecule has 26 heavy (non-hydrogen) atoms. The van der Waals surface area contributed by atoms with E-state index < -0.39 is 16.8 Å². The molecule has 1 unspecified atom stereocenters. The number of nitrogens with zero attached hydrogens (tertiary/aromatic N) is 4. The number of halogens is 1. The topological polar surface area (TPSA) is 93.7 Å². The first-order chi connectivity index (χ1) is 12.4. The van der Waals surface area contributed by atoms with Gasteiger partial charge in [0.2, 0.25) is 0 Å². The zero-order chi connectivity index (χ0) is 18.8. The first-order valence-electron chi connectivity index (χ1n) is 8.34. The highest BCUT2D eigenvalue weighted by atomic mass is 19.1. The van der Waals surface area contributed by atoms with E-state index in [1.165, 1.54) is 13.2 Å². The number of hydrogen-bond donors (Lipinski definition) is 1. The number of ether oxygens (including phenoxy) is 1. The van der Waals surface area contributed by atoms with Gasteiger partial charge in [-0.1, -0.05) is 0 Å². The maximum Gasteiger partial charge on any atom is 0.295 e. The van der Waals surface area contributed by atoms with Crippen LogP contribution in [0.1, 0.15) is 24.8 Å². The van der Waals surface area contributed by atoms with Gasteiger partial charge >= 0.3 is 0 Å². The van der Waals surface area contributed by atoms with Gasteiger partial charge in [-0.2, -0.15) is 0 Å². The Kier molecular flexibility index (Phi) is 5.08. The van der Waals surface area contributed by atoms with Crippen LogP contribution in [-0.4, -0.2) is 39.8 Å². The summed E-state index contributed by atoms with van der Waals surface area (Å²) in [7, 11) is 3.15. The van der Waals surface area contributed by atoms with Crippen molar-refractivity contribution in [2.45, 2.75) is 18.9 Å². The summed E-state index contributed by atoms with van der Waals surface area (Å²) in [5.74, 6) is -0.171. The van der Waals surface area contributed by atoms with Crippen molar-refractivity contribution in [3.05, 3.63) is 46.3 Å². The third-order valence-electron chi connectivity index (χ3n) is 4.90. The summed E-state index contributed by atoms with van der Waals surface area (Å²) in [6, 6.07) is 2.26. The van der Waals surface area contributed by atoms with E-state index in [9.17, 15) is 19.6 Å². The minimum atomic E-state index is -0.761. The molecular weight excluding hydrogens is 343 g/mol. The van der Waals surface area contributed by atoms with Crippen molar-refractivity contribution in [1.82, 2.24) is 9.55 Å². The number of anilines is 1. The van der Waals surface area contributed by atoms with Crippen LogP contribution in [0, 0.1) is 21.8 Å². The SMILES string of the molecule is COc1cc(N2CCC(C(O)c3nccn3C)CC2)c([N+](=O)[O-])cc1F. The molecule has 0 spiro atoms. The van der Waals surface area contributed by atoms with Crippen LogP contribution >= 0.6 is 0 Å². The molecule has 0 bridgehead atoms. The van der Waals surface area contributed by atoms with Crippen molar-refractivity contribution < 1.29 is 19.2 Å². The summed E-state index contributed by atoms with van der Waals surface area (Å²) in [5.41, 5.74) is 0.0459. The van der Waals surface area contributed by atoms with Gasteiger partial charge in [0.25, 0.3) is 5.69 Å². The lowest BCUT2D eigenvalue weighted by molar-refractivity contribution is -0.384. The van der Waals surface area contributed by atoms with E-state index >= 15 is 0 Å². The van der Waals surface area contributed by atoms with Crippen LogP contribution in [0.2, 0.25) is 0 Å². The van der Waals surface area contributed by atoms with E-state index in [1.54, 1.807) is 17.0 Å². The lowest BCUT2D eigenvalue weighted by Crippen LogP contribution is -2.36. The highest BCUT2D eigenvalue weighted by Crippen LogP contribution is 2.38. The Bertz CT molecular complexity index is 802. The van der Waals surface area contributed by atoms with E-state index in [0.29, 0.717) is 37.4 Å². The minimum absolute atomic E-state index is 0.00810. The average Bonchev–Trinajstić information content (AvgIpc) is 3.07. The van der Waals surface area contributed by atoms with Gasteiger partial charge in [-0.05, 0) is 18.8 Å². The smallest absolute Gasteiger partial charge is 0.295 e. The second kappa shape index (κ2) is 7.28. The highest BCUT2D eigenvalue weighted by molar-refractivity contribution is 5.66. The van der Waals surface area contributed by atoms with Crippen molar-refractivity contribution >= 4 is 11.4 Å². The number of methoxy groups -OCH3 is 1. The van der Waals surface area contributed by atoms with Crippen molar-refractivity contribution in [2.75, 3.05) is 25.1 Å². The number of nitro groups is 1. The Labute approximate surface area is 150 Å². The van der Waals surface area contributed by atoms with Crippen molar-refractivity contribution in [2.24, 2.45) is 13.0 Å². The van der Waals surface area contributed by atoms with Gasteiger partial charge in [0.05, 0.1) is 18.1 Å². The predicted octanol–water partition coefficient (Wildman–Crippen LogP) is 2.43. The van der Waals surface area contributed by atoms with Gasteiger partial charge in [0, 0.05) is 38.6 Å². The average molecular weight is 364 g/mol. The largest absolute Gasteiger partial charge is 0.494 e. The fourth-order valence-electron chi connectivity index (χ4n) is 3.42. The second-order valence-electron chi connectivity index (χ2n) is 6.40. The number of nitro benzene ring substituents is 1. The zero-order valence-corrected chi connectivity index (χ0v) is 14.6. The van der Waals surface area contributed by atoms with Gasteiger partial charge in [-0.3, -0.25) is 10.1 Å². The molecule has 9 heteroatoms. The molecule has 2 aromatic rings. The van der Waals surface area contributed by atoms with Crippen LogP contribution in [0.15, 0.2) is 24.5 Å². The van der Waals surface area contributed by atoms with Crippen LogP contribution < -0.4 is 9.64 Å². The fourth-order valence-corrected chi connectivity index (χ4v) is 3.42. The van der Waals surface area contributed by atoms with Gasteiger partial charge in [0.15, 0.2) is 11.6 Å². The number of aryl methyl sites for hydroxylation is 1. The van der Waals surface area contributed by atoms with Crippen LogP contribution in [0.5, 0.6) is 5.75 Å². The monoisotopic (exact) mass is 364 g/mol. The first kappa shape index (κ1) is 18.1. The number of imidazole rings is 1. The molecule has 8 nitrogen and oxygen atoms in total. The Morgan fingerprint density at radius 2 is 2.12 bits per heavy atom. The quantitative estimate of drug-likeness (QED) is 0.647. The molecule has 140 valence electrons. The molecule has 0 aliphatic carbocycles. The number of piperidine rings is 1. The zero-order valence-electron chi connectivity index (χ0n) is 14.6. The molecule has 1 aromatic carbocycles. The third-order valence-corrected chi connectivity index (χ3v) is 4.90. The molecule has 1 aromatic heterocycles. The van der Waals surface area contributed by atoms with Crippen molar-refractivity contribution in [3.8, 4) is 5.75 Å². The fraction of sp³-hybridized carbons (Fsp3) is 0.471. The molecule has 0 saturated carbocycles. The van der Waals surface area contributed by atoms with Gasteiger partial charge in [0.1, 0.15) is 17.6 Å².